The molecule has 0 aliphatic heterocycles. The van der Waals surface area contributed by atoms with E-state index in [4.69, 9.17) is 4.74 Å². The van der Waals surface area contributed by atoms with Crippen LogP contribution in [0.25, 0.3) is 0 Å². The lowest BCUT2D eigenvalue weighted by atomic mass is 9.98. The summed E-state index contributed by atoms with van der Waals surface area (Å²) in [7, 11) is 0. The predicted molar refractivity (Wildman–Crippen MR) is 90.7 cm³/mol. The Morgan fingerprint density at radius 1 is 0.955 bits per heavy atom. The van der Waals surface area contributed by atoms with Crippen molar-refractivity contribution in [1.29, 1.82) is 0 Å². The summed E-state index contributed by atoms with van der Waals surface area (Å²) < 4.78 is 5.61. The van der Waals surface area contributed by atoms with Crippen LogP contribution in [0.15, 0.2) is 0 Å². The summed E-state index contributed by atoms with van der Waals surface area (Å²) in [4.78, 5) is 23.2. The first-order valence-corrected chi connectivity index (χ1v) is 8.63. The highest BCUT2D eigenvalue weighted by molar-refractivity contribution is 5.81. The number of ether oxygens (including phenoxy) is 1. The molecule has 2 unspecified atom stereocenters. The number of hydrogen-bond donors (Lipinski definition) is 1. The normalized spacial score (nSPS) is 14.2. The van der Waals surface area contributed by atoms with Gasteiger partial charge >= 0.3 is 0 Å². The van der Waals surface area contributed by atoms with E-state index in [2.05, 4.69) is 19.2 Å². The third-order valence-electron chi connectivity index (χ3n) is 3.64. The van der Waals surface area contributed by atoms with Crippen LogP contribution in [0.2, 0.25) is 0 Å². The van der Waals surface area contributed by atoms with Crippen LogP contribution in [0, 0.1) is 17.8 Å². The Morgan fingerprint density at radius 2 is 1.59 bits per heavy atom. The van der Waals surface area contributed by atoms with Crippen molar-refractivity contribution in [3.05, 3.63) is 0 Å². The van der Waals surface area contributed by atoms with E-state index in [1.165, 1.54) is 0 Å². The first kappa shape index (κ1) is 21.1. The monoisotopic (exact) mass is 313 g/mol. The van der Waals surface area contributed by atoms with Gasteiger partial charge in [-0.2, -0.15) is 0 Å². The molecule has 0 bridgehead atoms. The van der Waals surface area contributed by atoms with Crippen molar-refractivity contribution in [2.24, 2.45) is 17.8 Å². The molecule has 1 N–H and O–H groups in total. The highest BCUT2D eigenvalue weighted by Crippen LogP contribution is 2.12. The van der Waals surface area contributed by atoms with Crippen LogP contribution < -0.4 is 5.32 Å². The number of amides is 1. The van der Waals surface area contributed by atoms with Gasteiger partial charge in [0.05, 0.1) is 6.10 Å². The first-order valence-electron chi connectivity index (χ1n) is 8.63. The standard InChI is InChI=1S/C18H35NO3/c1-13(2)17(20)8-7-9-18(21)19-11-15(5)10-16(6)12-22-14(3)4/h13-16H,7-12H2,1-6H3,(H,19,21). The molecule has 0 aromatic carbocycles. The quantitative estimate of drug-likeness (QED) is 0.599. The lowest BCUT2D eigenvalue weighted by molar-refractivity contribution is -0.123. The molecule has 0 aliphatic rings. The van der Waals surface area contributed by atoms with E-state index in [1.807, 2.05) is 27.7 Å². The van der Waals surface area contributed by atoms with Gasteiger partial charge in [0, 0.05) is 31.9 Å². The number of nitrogens with one attached hydrogen (secondary N) is 1. The van der Waals surface area contributed by atoms with Gasteiger partial charge in [-0.1, -0.05) is 27.7 Å². The Balaban J connectivity index is 3.74. The minimum Gasteiger partial charge on any atom is -0.379 e. The van der Waals surface area contributed by atoms with Crippen molar-refractivity contribution in [3.8, 4) is 0 Å². The fourth-order valence-corrected chi connectivity index (χ4v) is 2.28. The van der Waals surface area contributed by atoms with Crippen molar-refractivity contribution < 1.29 is 14.3 Å². The maximum Gasteiger partial charge on any atom is 0.220 e. The van der Waals surface area contributed by atoms with Crippen molar-refractivity contribution in [3.63, 3.8) is 0 Å². The Kier molecular flexibility index (Phi) is 11.2. The molecule has 4 heteroatoms. The van der Waals surface area contributed by atoms with Crippen LogP contribution in [0.3, 0.4) is 0 Å². The summed E-state index contributed by atoms with van der Waals surface area (Å²) >= 11 is 0. The molecule has 130 valence electrons. The van der Waals surface area contributed by atoms with Crippen LogP contribution in [-0.4, -0.2) is 30.9 Å². The Bertz CT molecular complexity index is 326. The Morgan fingerprint density at radius 3 is 2.14 bits per heavy atom. The fraction of sp³-hybridized carbons (Fsp3) is 0.889. The van der Waals surface area contributed by atoms with Crippen LogP contribution in [0.4, 0.5) is 0 Å². The summed E-state index contributed by atoms with van der Waals surface area (Å²) in [6.07, 6.45) is 2.90. The lowest BCUT2D eigenvalue weighted by Gasteiger charge is -2.19. The average molecular weight is 313 g/mol. The SMILES string of the molecule is CC(CNC(=O)CCCC(=O)C(C)C)CC(C)COC(C)C. The largest absolute Gasteiger partial charge is 0.379 e. The highest BCUT2D eigenvalue weighted by atomic mass is 16.5. The van der Waals surface area contributed by atoms with Crippen molar-refractivity contribution in [2.45, 2.75) is 73.3 Å². The maximum atomic E-state index is 11.8. The minimum atomic E-state index is 0.0505. The van der Waals surface area contributed by atoms with Gasteiger partial charge in [-0.05, 0) is 38.5 Å². The van der Waals surface area contributed by atoms with Gasteiger partial charge in [-0.3, -0.25) is 9.59 Å². The third kappa shape index (κ3) is 11.7. The molecule has 0 saturated heterocycles. The molecule has 0 aromatic heterocycles. The van der Waals surface area contributed by atoms with Crippen molar-refractivity contribution in [1.82, 2.24) is 5.32 Å². The molecule has 0 radical (unpaired) electrons. The number of carbonyl (C=O) groups is 2. The van der Waals surface area contributed by atoms with E-state index in [9.17, 15) is 9.59 Å². The molecule has 0 saturated carbocycles. The minimum absolute atomic E-state index is 0.0505. The van der Waals surface area contributed by atoms with Crippen LogP contribution >= 0.6 is 0 Å². The van der Waals surface area contributed by atoms with E-state index in [0.717, 1.165) is 13.0 Å². The molecule has 22 heavy (non-hydrogen) atoms. The van der Waals surface area contributed by atoms with Gasteiger partial charge in [0.2, 0.25) is 5.91 Å². The smallest absolute Gasteiger partial charge is 0.220 e. The van der Waals surface area contributed by atoms with Gasteiger partial charge in [-0.25, -0.2) is 0 Å². The number of rotatable bonds is 12. The molecule has 0 aliphatic carbocycles. The first-order chi connectivity index (χ1) is 10.2. The molecule has 1 amide bonds. The number of ketones is 1. The molecule has 0 rings (SSSR count). The second-order valence-electron chi connectivity index (χ2n) is 7.11. The van der Waals surface area contributed by atoms with E-state index >= 15 is 0 Å². The molecular weight excluding hydrogens is 278 g/mol. The van der Waals surface area contributed by atoms with Gasteiger partial charge < -0.3 is 10.1 Å². The van der Waals surface area contributed by atoms with Crippen molar-refractivity contribution in [2.75, 3.05) is 13.2 Å². The van der Waals surface area contributed by atoms with Gasteiger partial charge in [0.25, 0.3) is 0 Å². The molecule has 2 atom stereocenters. The van der Waals surface area contributed by atoms with Crippen LogP contribution in [0.5, 0.6) is 0 Å². The highest BCUT2D eigenvalue weighted by Gasteiger charge is 2.12. The topological polar surface area (TPSA) is 55.4 Å². The van der Waals surface area contributed by atoms with E-state index in [1.54, 1.807) is 0 Å². The van der Waals surface area contributed by atoms with Gasteiger partial charge in [0.1, 0.15) is 5.78 Å². The van der Waals surface area contributed by atoms with Gasteiger partial charge in [0.15, 0.2) is 0 Å². The number of carbonyl (C=O) groups excluding carboxylic acids is 2. The molecule has 4 nitrogen and oxygen atoms in total. The molecule has 0 spiro atoms. The lowest BCUT2D eigenvalue weighted by Crippen LogP contribution is -2.29. The summed E-state index contributed by atoms with van der Waals surface area (Å²) in [5.74, 6) is 1.29. The fourth-order valence-electron chi connectivity index (χ4n) is 2.28. The molecular formula is C18H35NO3. The summed E-state index contributed by atoms with van der Waals surface area (Å²) in [6.45, 7) is 13.7. The molecule has 0 heterocycles. The van der Waals surface area contributed by atoms with E-state index in [-0.39, 0.29) is 23.7 Å². The Labute approximate surface area is 136 Å². The summed E-state index contributed by atoms with van der Waals surface area (Å²) in [6, 6.07) is 0. The maximum absolute atomic E-state index is 11.8. The number of hydrogen-bond acceptors (Lipinski definition) is 3. The van der Waals surface area contributed by atoms with Crippen molar-refractivity contribution >= 4 is 11.7 Å². The third-order valence-corrected chi connectivity index (χ3v) is 3.64. The molecule has 0 fully saturated rings. The zero-order chi connectivity index (χ0) is 17.1. The second kappa shape index (κ2) is 11.6. The van der Waals surface area contributed by atoms with E-state index in [0.29, 0.717) is 37.6 Å². The van der Waals surface area contributed by atoms with E-state index < -0.39 is 0 Å². The summed E-state index contributed by atoms with van der Waals surface area (Å²) in [5, 5.41) is 2.96. The van der Waals surface area contributed by atoms with Crippen LogP contribution in [-0.2, 0) is 14.3 Å². The number of Topliss-reactive ketones (excluding diaryl/α,β-unsaturated/α-hetero) is 1. The second-order valence-corrected chi connectivity index (χ2v) is 7.11. The van der Waals surface area contributed by atoms with Crippen LogP contribution in [0.1, 0.15) is 67.2 Å². The zero-order valence-corrected chi connectivity index (χ0v) is 15.3. The summed E-state index contributed by atoms with van der Waals surface area (Å²) in [5.41, 5.74) is 0. The zero-order valence-electron chi connectivity index (χ0n) is 15.3. The average Bonchev–Trinajstić information content (AvgIpc) is 2.42. The predicted octanol–water partition coefficient (Wildman–Crippen LogP) is 3.59. The molecule has 0 aromatic rings. The Hall–Kier alpha value is -0.900. The van der Waals surface area contributed by atoms with Gasteiger partial charge in [-0.15, -0.1) is 0 Å².